The summed E-state index contributed by atoms with van der Waals surface area (Å²) in [6.07, 6.45) is 2.98. The van der Waals surface area contributed by atoms with Crippen LogP contribution in [0.1, 0.15) is 19.3 Å². The minimum atomic E-state index is -0.136. The van der Waals surface area contributed by atoms with E-state index in [2.05, 4.69) is 21.2 Å². The fraction of sp³-hybridized carbons (Fsp3) is 0.348. The summed E-state index contributed by atoms with van der Waals surface area (Å²) in [4.78, 5) is 12.6. The number of hydrogen-bond acceptors (Lipinski definition) is 5. The number of benzene rings is 2. The average molecular weight is 493 g/mol. The number of fused-ring (bicyclic) bond motifs is 1. The van der Waals surface area contributed by atoms with E-state index in [0.717, 1.165) is 49.1 Å². The lowest BCUT2D eigenvalue weighted by atomic mass is 10.1. The van der Waals surface area contributed by atoms with Crippen LogP contribution in [0.25, 0.3) is 22.3 Å². The van der Waals surface area contributed by atoms with Gasteiger partial charge in [0.2, 0.25) is 0 Å². The maximum Gasteiger partial charge on any atom is 0.193 e. The van der Waals surface area contributed by atoms with Gasteiger partial charge < -0.3 is 19.2 Å². The van der Waals surface area contributed by atoms with Gasteiger partial charge in [-0.05, 0) is 56.1 Å². The lowest BCUT2D eigenvalue weighted by Gasteiger charge is -2.23. The van der Waals surface area contributed by atoms with E-state index < -0.39 is 0 Å². The van der Waals surface area contributed by atoms with Crippen molar-refractivity contribution in [1.82, 2.24) is 5.32 Å². The molecule has 3 aromatic rings. The van der Waals surface area contributed by atoms with Crippen LogP contribution in [0.3, 0.4) is 0 Å². The Morgan fingerprint density at radius 2 is 2.00 bits per heavy atom. The molecule has 2 heterocycles. The molecule has 0 aliphatic carbocycles. The third kappa shape index (κ3) is 5.06. The Morgan fingerprint density at radius 1 is 1.17 bits per heavy atom. The van der Waals surface area contributed by atoms with Crippen LogP contribution in [-0.2, 0) is 4.74 Å². The van der Waals surface area contributed by atoms with Crippen LogP contribution in [-0.4, -0.2) is 32.4 Å². The molecule has 5 nitrogen and oxygen atoms in total. The first-order valence-corrected chi connectivity index (χ1v) is 11.2. The highest BCUT2D eigenvalue weighted by atomic mass is 79.9. The van der Waals surface area contributed by atoms with E-state index in [0.29, 0.717) is 40.2 Å². The van der Waals surface area contributed by atoms with E-state index >= 15 is 0 Å². The SMILES string of the molecule is O=c1cc(-c2ccc(Br)cc2OCCCNC2CCOCC2)oc2c(Cl)cccc12. The number of nitrogens with one attached hydrogen (secondary N) is 1. The molecule has 1 saturated heterocycles. The van der Waals surface area contributed by atoms with Gasteiger partial charge >= 0.3 is 0 Å². The molecule has 158 valence electrons. The van der Waals surface area contributed by atoms with Crippen molar-refractivity contribution < 1.29 is 13.9 Å². The van der Waals surface area contributed by atoms with Crippen LogP contribution in [0.5, 0.6) is 5.75 Å². The molecule has 0 atom stereocenters. The van der Waals surface area contributed by atoms with Crippen molar-refractivity contribution in [2.24, 2.45) is 0 Å². The molecule has 0 amide bonds. The van der Waals surface area contributed by atoms with Gasteiger partial charge in [-0.3, -0.25) is 4.79 Å². The third-order valence-corrected chi connectivity index (χ3v) is 5.94. The molecular weight excluding hydrogens is 470 g/mol. The van der Waals surface area contributed by atoms with Crippen LogP contribution < -0.4 is 15.5 Å². The highest BCUT2D eigenvalue weighted by molar-refractivity contribution is 9.10. The standard InChI is InChI=1S/C23H23BrClNO4/c24-15-5-6-18(22-14-20(27)17-3-1-4-19(25)23(17)30-22)21(13-15)29-10-2-9-26-16-7-11-28-12-8-16/h1,3-6,13-14,16,26H,2,7-12H2. The Bertz CT molecular complexity index is 1080. The lowest BCUT2D eigenvalue weighted by molar-refractivity contribution is 0.0777. The van der Waals surface area contributed by atoms with Crippen molar-refractivity contribution >= 4 is 38.5 Å². The second-order valence-electron chi connectivity index (χ2n) is 7.27. The van der Waals surface area contributed by atoms with Gasteiger partial charge in [0, 0.05) is 29.8 Å². The van der Waals surface area contributed by atoms with Crippen LogP contribution >= 0.6 is 27.5 Å². The topological polar surface area (TPSA) is 60.7 Å². The first-order chi connectivity index (χ1) is 14.6. The highest BCUT2D eigenvalue weighted by Gasteiger charge is 2.15. The molecule has 1 aliphatic rings. The second-order valence-corrected chi connectivity index (χ2v) is 8.60. The molecule has 30 heavy (non-hydrogen) atoms. The van der Waals surface area contributed by atoms with Gasteiger partial charge in [-0.15, -0.1) is 0 Å². The van der Waals surface area contributed by atoms with Gasteiger partial charge in [-0.1, -0.05) is 33.6 Å². The summed E-state index contributed by atoms with van der Waals surface area (Å²) in [7, 11) is 0. The Hall–Kier alpha value is -1.86. The van der Waals surface area contributed by atoms with Crippen molar-refractivity contribution in [3.8, 4) is 17.1 Å². The number of ether oxygens (including phenoxy) is 2. The molecule has 1 aromatic heterocycles. The molecule has 1 fully saturated rings. The zero-order valence-electron chi connectivity index (χ0n) is 16.5. The molecule has 0 unspecified atom stereocenters. The number of halogens is 2. The summed E-state index contributed by atoms with van der Waals surface area (Å²) in [6, 6.07) is 12.8. The van der Waals surface area contributed by atoms with Crippen molar-refractivity contribution in [3.05, 3.63) is 62.2 Å². The van der Waals surface area contributed by atoms with Crippen molar-refractivity contribution in [2.45, 2.75) is 25.3 Å². The minimum absolute atomic E-state index is 0.136. The van der Waals surface area contributed by atoms with Gasteiger partial charge in [-0.2, -0.15) is 0 Å². The number of para-hydroxylation sites is 1. The molecular formula is C23H23BrClNO4. The minimum Gasteiger partial charge on any atom is -0.493 e. The largest absolute Gasteiger partial charge is 0.493 e. The molecule has 1 N–H and O–H groups in total. The Kier molecular flexibility index (Phi) is 7.10. The zero-order valence-corrected chi connectivity index (χ0v) is 18.8. The maximum absolute atomic E-state index is 12.6. The Balaban J connectivity index is 1.49. The molecule has 0 radical (unpaired) electrons. The summed E-state index contributed by atoms with van der Waals surface area (Å²) in [6.45, 7) is 3.10. The quantitative estimate of drug-likeness (QED) is 0.447. The molecule has 2 aromatic carbocycles. The molecule has 0 bridgehead atoms. The van der Waals surface area contributed by atoms with Gasteiger partial charge in [0.1, 0.15) is 11.5 Å². The van der Waals surface area contributed by atoms with E-state index in [4.69, 9.17) is 25.5 Å². The first-order valence-electron chi connectivity index (χ1n) is 10.1. The van der Waals surface area contributed by atoms with Crippen LogP contribution in [0.2, 0.25) is 5.02 Å². The fourth-order valence-corrected chi connectivity index (χ4v) is 4.11. The highest BCUT2D eigenvalue weighted by Crippen LogP contribution is 2.34. The van der Waals surface area contributed by atoms with Gasteiger partial charge in [0.15, 0.2) is 11.0 Å². The summed E-state index contributed by atoms with van der Waals surface area (Å²) in [5.41, 5.74) is 0.967. The summed E-state index contributed by atoms with van der Waals surface area (Å²) in [5, 5.41) is 4.43. The van der Waals surface area contributed by atoms with E-state index in [1.165, 1.54) is 6.07 Å². The van der Waals surface area contributed by atoms with Crippen LogP contribution in [0.15, 0.2) is 56.1 Å². The maximum atomic E-state index is 12.6. The number of hydrogen-bond donors (Lipinski definition) is 1. The van der Waals surface area contributed by atoms with Crippen molar-refractivity contribution in [1.29, 1.82) is 0 Å². The van der Waals surface area contributed by atoms with Gasteiger partial charge in [0.25, 0.3) is 0 Å². The fourth-order valence-electron chi connectivity index (χ4n) is 3.56. The van der Waals surface area contributed by atoms with Gasteiger partial charge in [0.05, 0.1) is 22.6 Å². The smallest absolute Gasteiger partial charge is 0.193 e. The predicted molar refractivity (Wildman–Crippen MR) is 123 cm³/mol. The second kappa shape index (κ2) is 9.96. The monoisotopic (exact) mass is 491 g/mol. The van der Waals surface area contributed by atoms with Crippen molar-refractivity contribution in [3.63, 3.8) is 0 Å². The Morgan fingerprint density at radius 3 is 2.83 bits per heavy atom. The Labute approximate surface area is 188 Å². The van der Waals surface area contributed by atoms with Gasteiger partial charge in [-0.25, -0.2) is 0 Å². The molecule has 0 spiro atoms. The molecule has 0 saturated carbocycles. The third-order valence-electron chi connectivity index (χ3n) is 5.15. The van der Waals surface area contributed by atoms with E-state index in [1.54, 1.807) is 18.2 Å². The van der Waals surface area contributed by atoms with E-state index in [9.17, 15) is 4.79 Å². The first kappa shape index (κ1) is 21.4. The van der Waals surface area contributed by atoms with Crippen molar-refractivity contribution in [2.75, 3.05) is 26.4 Å². The summed E-state index contributed by atoms with van der Waals surface area (Å²) < 4.78 is 18.3. The molecule has 4 rings (SSSR count). The zero-order chi connectivity index (χ0) is 20.9. The summed E-state index contributed by atoms with van der Waals surface area (Å²) in [5.74, 6) is 1.09. The summed E-state index contributed by atoms with van der Waals surface area (Å²) >= 11 is 9.74. The average Bonchev–Trinajstić information content (AvgIpc) is 2.75. The van der Waals surface area contributed by atoms with E-state index in [1.807, 2.05) is 18.2 Å². The van der Waals surface area contributed by atoms with Crippen LogP contribution in [0, 0.1) is 0 Å². The lowest BCUT2D eigenvalue weighted by Crippen LogP contribution is -2.35. The number of rotatable bonds is 7. The van der Waals surface area contributed by atoms with E-state index in [-0.39, 0.29) is 5.43 Å². The molecule has 1 aliphatic heterocycles. The van der Waals surface area contributed by atoms with Crippen LogP contribution in [0.4, 0.5) is 0 Å². The molecule has 7 heteroatoms. The predicted octanol–water partition coefficient (Wildman–Crippen LogP) is 5.41. The normalized spacial score (nSPS) is 14.9.